The van der Waals surface area contributed by atoms with E-state index in [1.165, 1.54) is 0 Å². The molecular formula is C12H21ClN6. The molecule has 0 amide bonds. The Morgan fingerprint density at radius 2 is 1.89 bits per heavy atom. The monoisotopic (exact) mass is 284 g/mol. The van der Waals surface area contributed by atoms with Crippen LogP contribution in [-0.2, 0) is 0 Å². The maximum atomic E-state index is 6.16. The van der Waals surface area contributed by atoms with Crippen LogP contribution in [0.2, 0.25) is 5.02 Å². The first-order valence-corrected chi connectivity index (χ1v) is 6.79. The number of halogens is 1. The van der Waals surface area contributed by atoms with E-state index in [9.17, 15) is 0 Å². The Morgan fingerprint density at radius 3 is 2.42 bits per heavy atom. The third kappa shape index (κ3) is 3.26. The molecule has 0 spiro atoms. The van der Waals surface area contributed by atoms with Gasteiger partial charge in [0, 0.05) is 31.7 Å². The van der Waals surface area contributed by atoms with Crippen LogP contribution in [0.1, 0.15) is 20.8 Å². The molecular weight excluding hydrogens is 264 g/mol. The molecule has 1 aliphatic heterocycles. The van der Waals surface area contributed by atoms with Gasteiger partial charge in [-0.2, -0.15) is 4.98 Å². The summed E-state index contributed by atoms with van der Waals surface area (Å²) in [7, 11) is 0. The lowest BCUT2D eigenvalue weighted by Gasteiger charge is -2.42. The summed E-state index contributed by atoms with van der Waals surface area (Å²) in [4.78, 5) is 13.0. The molecule has 0 atom stereocenters. The van der Waals surface area contributed by atoms with Crippen molar-refractivity contribution in [3.8, 4) is 0 Å². The second-order valence-electron chi connectivity index (χ2n) is 5.65. The van der Waals surface area contributed by atoms with E-state index in [1.54, 1.807) is 6.20 Å². The molecule has 1 aromatic heterocycles. The Morgan fingerprint density at radius 1 is 1.26 bits per heavy atom. The molecule has 1 aliphatic rings. The number of nitrogens with one attached hydrogen (secondary N) is 1. The molecule has 0 aliphatic carbocycles. The van der Waals surface area contributed by atoms with E-state index in [1.807, 2.05) is 0 Å². The van der Waals surface area contributed by atoms with E-state index >= 15 is 0 Å². The topological polar surface area (TPSA) is 70.3 Å². The lowest BCUT2D eigenvalue weighted by Crippen LogP contribution is -2.53. The van der Waals surface area contributed by atoms with Crippen molar-refractivity contribution in [2.45, 2.75) is 26.3 Å². The van der Waals surface area contributed by atoms with Crippen molar-refractivity contribution in [2.75, 3.05) is 36.5 Å². The van der Waals surface area contributed by atoms with Crippen LogP contribution in [0.4, 0.5) is 11.8 Å². The highest BCUT2D eigenvalue weighted by atomic mass is 35.5. The maximum Gasteiger partial charge on any atom is 0.239 e. The normalized spacial score (nSPS) is 17.6. The summed E-state index contributed by atoms with van der Waals surface area (Å²) < 4.78 is 0. The minimum Gasteiger partial charge on any atom is -0.353 e. The predicted molar refractivity (Wildman–Crippen MR) is 78.4 cm³/mol. The van der Waals surface area contributed by atoms with E-state index in [0.717, 1.165) is 32.0 Å². The van der Waals surface area contributed by atoms with E-state index in [-0.39, 0.29) is 5.54 Å². The summed E-state index contributed by atoms with van der Waals surface area (Å²) in [5, 5.41) is 0.559. The van der Waals surface area contributed by atoms with Gasteiger partial charge in [0.2, 0.25) is 5.95 Å². The van der Waals surface area contributed by atoms with E-state index in [0.29, 0.717) is 11.0 Å². The van der Waals surface area contributed by atoms with Crippen LogP contribution in [0, 0.1) is 0 Å². The summed E-state index contributed by atoms with van der Waals surface area (Å²) in [6, 6.07) is 0. The van der Waals surface area contributed by atoms with Crippen LogP contribution < -0.4 is 16.2 Å². The molecule has 0 unspecified atom stereocenters. The van der Waals surface area contributed by atoms with Gasteiger partial charge in [-0.15, -0.1) is 0 Å². The zero-order valence-corrected chi connectivity index (χ0v) is 12.4. The van der Waals surface area contributed by atoms with E-state index in [2.05, 4.69) is 46.0 Å². The molecule has 6 nitrogen and oxygen atoms in total. The van der Waals surface area contributed by atoms with Gasteiger partial charge in [-0.25, -0.2) is 10.8 Å². The zero-order chi connectivity index (χ0) is 14.0. The number of hydrogen-bond donors (Lipinski definition) is 2. The van der Waals surface area contributed by atoms with Crippen LogP contribution in [0.5, 0.6) is 0 Å². The smallest absolute Gasteiger partial charge is 0.239 e. The number of nitrogens with two attached hydrogens (primary N) is 1. The van der Waals surface area contributed by atoms with Gasteiger partial charge in [-0.05, 0) is 20.8 Å². The molecule has 1 aromatic rings. The fourth-order valence-electron chi connectivity index (χ4n) is 2.24. The first kappa shape index (κ1) is 14.3. The number of aromatic nitrogens is 2. The van der Waals surface area contributed by atoms with Crippen molar-refractivity contribution in [2.24, 2.45) is 5.84 Å². The van der Waals surface area contributed by atoms with Crippen LogP contribution in [0.15, 0.2) is 6.20 Å². The number of nitrogen functional groups attached to an aromatic ring is 1. The fraction of sp³-hybridized carbons (Fsp3) is 0.667. The summed E-state index contributed by atoms with van der Waals surface area (Å²) >= 11 is 6.16. The average Bonchev–Trinajstić information content (AvgIpc) is 2.38. The molecule has 0 bridgehead atoms. The summed E-state index contributed by atoms with van der Waals surface area (Å²) in [5.74, 6) is 6.47. The van der Waals surface area contributed by atoms with Gasteiger partial charge in [0.05, 0.1) is 6.20 Å². The number of rotatable bonds is 2. The molecule has 7 heteroatoms. The first-order valence-electron chi connectivity index (χ1n) is 6.41. The Kier molecular flexibility index (Phi) is 4.13. The number of nitrogens with zero attached hydrogens (tertiary/aromatic N) is 4. The average molecular weight is 285 g/mol. The van der Waals surface area contributed by atoms with Crippen molar-refractivity contribution in [1.82, 2.24) is 14.9 Å². The van der Waals surface area contributed by atoms with Crippen LogP contribution >= 0.6 is 11.6 Å². The Labute approximate surface area is 118 Å². The van der Waals surface area contributed by atoms with Crippen molar-refractivity contribution in [1.29, 1.82) is 0 Å². The Hall–Kier alpha value is -1.11. The molecule has 2 rings (SSSR count). The molecule has 0 aromatic carbocycles. The number of hydrogen-bond acceptors (Lipinski definition) is 6. The minimum atomic E-state index is 0.200. The SMILES string of the molecule is CC(C)(C)N1CCN(c2nc(NN)ncc2Cl)CC1. The van der Waals surface area contributed by atoms with Crippen molar-refractivity contribution >= 4 is 23.4 Å². The quantitative estimate of drug-likeness (QED) is 0.631. The van der Waals surface area contributed by atoms with Crippen molar-refractivity contribution in [3.63, 3.8) is 0 Å². The fourth-order valence-corrected chi connectivity index (χ4v) is 2.45. The van der Waals surface area contributed by atoms with Gasteiger partial charge in [0.15, 0.2) is 5.82 Å². The molecule has 1 saturated heterocycles. The van der Waals surface area contributed by atoms with Gasteiger partial charge >= 0.3 is 0 Å². The first-order chi connectivity index (χ1) is 8.91. The zero-order valence-electron chi connectivity index (χ0n) is 11.6. The molecule has 2 heterocycles. The molecule has 1 fully saturated rings. The third-order valence-electron chi connectivity index (χ3n) is 3.38. The van der Waals surface area contributed by atoms with Gasteiger partial charge in [0.1, 0.15) is 5.02 Å². The van der Waals surface area contributed by atoms with Crippen LogP contribution in [0.3, 0.4) is 0 Å². The number of anilines is 2. The second-order valence-corrected chi connectivity index (χ2v) is 6.06. The van der Waals surface area contributed by atoms with Gasteiger partial charge < -0.3 is 4.90 Å². The number of hydrazine groups is 1. The van der Waals surface area contributed by atoms with Gasteiger partial charge in [-0.3, -0.25) is 10.3 Å². The molecule has 0 saturated carbocycles. The van der Waals surface area contributed by atoms with Gasteiger partial charge in [0.25, 0.3) is 0 Å². The molecule has 19 heavy (non-hydrogen) atoms. The highest BCUT2D eigenvalue weighted by molar-refractivity contribution is 6.32. The van der Waals surface area contributed by atoms with Gasteiger partial charge in [-0.1, -0.05) is 11.6 Å². The van der Waals surface area contributed by atoms with Crippen LogP contribution in [0.25, 0.3) is 0 Å². The molecule has 106 valence electrons. The minimum absolute atomic E-state index is 0.200. The third-order valence-corrected chi connectivity index (χ3v) is 3.65. The lowest BCUT2D eigenvalue weighted by molar-refractivity contribution is 0.128. The highest BCUT2D eigenvalue weighted by Gasteiger charge is 2.27. The van der Waals surface area contributed by atoms with Crippen molar-refractivity contribution in [3.05, 3.63) is 11.2 Å². The molecule has 3 N–H and O–H groups in total. The second kappa shape index (κ2) is 5.48. The highest BCUT2D eigenvalue weighted by Crippen LogP contribution is 2.26. The summed E-state index contributed by atoms with van der Waals surface area (Å²) in [5.41, 5.74) is 2.65. The van der Waals surface area contributed by atoms with Crippen LogP contribution in [-0.4, -0.2) is 46.6 Å². The lowest BCUT2D eigenvalue weighted by atomic mass is 10.1. The predicted octanol–water partition coefficient (Wildman–Crippen LogP) is 1.34. The Bertz CT molecular complexity index is 436. The standard InChI is InChI=1S/C12H21ClN6/c1-12(2,3)19-6-4-18(5-7-19)10-9(13)8-15-11(16-10)17-14/h8H,4-7,14H2,1-3H3,(H,15,16,17). The largest absolute Gasteiger partial charge is 0.353 e. The summed E-state index contributed by atoms with van der Waals surface area (Å²) in [6.45, 7) is 10.5. The van der Waals surface area contributed by atoms with E-state index < -0.39 is 0 Å². The molecule has 0 radical (unpaired) electrons. The Balaban J connectivity index is 2.09. The van der Waals surface area contributed by atoms with Crippen molar-refractivity contribution < 1.29 is 0 Å². The number of piperazine rings is 1. The maximum absolute atomic E-state index is 6.16. The van der Waals surface area contributed by atoms with E-state index in [4.69, 9.17) is 17.4 Å². The summed E-state index contributed by atoms with van der Waals surface area (Å²) in [6.07, 6.45) is 1.58.